The van der Waals surface area contributed by atoms with Gasteiger partial charge >= 0.3 is 6.09 Å². The Kier molecular flexibility index (Phi) is 5.22. The lowest BCUT2D eigenvalue weighted by atomic mass is 9.99. The smallest absolute Gasteiger partial charge is 0.410 e. The van der Waals surface area contributed by atoms with E-state index in [1.807, 2.05) is 0 Å². The second-order valence-electron chi connectivity index (χ2n) is 6.75. The maximum absolute atomic E-state index is 14.2. The third kappa shape index (κ3) is 3.61. The molecule has 0 aliphatic carbocycles. The molecule has 2 amide bonds. The fourth-order valence-electron chi connectivity index (χ4n) is 3.64. The molecule has 2 heterocycles. The van der Waals surface area contributed by atoms with Gasteiger partial charge in [-0.25, -0.2) is 9.18 Å². The Bertz CT molecular complexity index is 644. The Morgan fingerprint density at radius 2 is 1.92 bits per heavy atom. The molecule has 6 nitrogen and oxygen atoms in total. The van der Waals surface area contributed by atoms with Gasteiger partial charge < -0.3 is 14.5 Å². The van der Waals surface area contributed by atoms with E-state index < -0.39 is 6.04 Å². The molecule has 0 bridgehead atoms. The predicted molar refractivity (Wildman–Crippen MR) is 90.5 cm³/mol. The standard InChI is InChI=1S/C18H24FN3O3/c1-20(2)16(14-5-3-4-6-15(14)19)17(23)21-9-7-13(8-10-21)22-11-12-25-18(22)24/h3-6,13,16H,7-12H2,1-2H3/t16-/m1/s1. The topological polar surface area (TPSA) is 53.1 Å². The average molecular weight is 349 g/mol. The number of ether oxygens (including phenoxy) is 1. The highest BCUT2D eigenvalue weighted by Gasteiger charge is 2.36. The van der Waals surface area contributed by atoms with E-state index in [-0.39, 0.29) is 23.9 Å². The van der Waals surface area contributed by atoms with Crippen LogP contribution in [-0.2, 0) is 9.53 Å². The van der Waals surface area contributed by atoms with Crippen molar-refractivity contribution in [3.05, 3.63) is 35.6 Å². The average Bonchev–Trinajstić information content (AvgIpc) is 3.02. The molecule has 1 atom stereocenters. The number of hydrogen-bond donors (Lipinski definition) is 0. The molecule has 0 saturated carbocycles. The first-order valence-corrected chi connectivity index (χ1v) is 8.62. The van der Waals surface area contributed by atoms with Crippen LogP contribution in [-0.4, -0.2) is 73.1 Å². The third-order valence-electron chi connectivity index (χ3n) is 4.96. The molecular weight excluding hydrogens is 325 g/mol. The second-order valence-corrected chi connectivity index (χ2v) is 6.75. The molecule has 2 aliphatic rings. The van der Waals surface area contributed by atoms with Crippen molar-refractivity contribution in [2.75, 3.05) is 40.3 Å². The molecule has 1 aromatic rings. The van der Waals surface area contributed by atoms with Gasteiger partial charge in [-0.3, -0.25) is 9.69 Å². The number of halogens is 1. The number of likely N-dealkylation sites (N-methyl/N-ethyl adjacent to an activating group) is 1. The van der Waals surface area contributed by atoms with Gasteiger partial charge in [-0.15, -0.1) is 0 Å². The predicted octanol–water partition coefficient (Wildman–Crippen LogP) is 1.87. The van der Waals surface area contributed by atoms with Crippen molar-refractivity contribution in [2.24, 2.45) is 0 Å². The number of hydrogen-bond acceptors (Lipinski definition) is 4. The van der Waals surface area contributed by atoms with Gasteiger partial charge in [0.1, 0.15) is 18.5 Å². The summed E-state index contributed by atoms with van der Waals surface area (Å²) in [6.45, 7) is 2.18. The molecule has 136 valence electrons. The lowest BCUT2D eigenvalue weighted by Gasteiger charge is -2.38. The van der Waals surface area contributed by atoms with Gasteiger partial charge in [0.05, 0.1) is 6.54 Å². The summed E-state index contributed by atoms with van der Waals surface area (Å²) in [6.07, 6.45) is 1.18. The maximum Gasteiger partial charge on any atom is 0.410 e. The molecular formula is C18H24FN3O3. The van der Waals surface area contributed by atoms with Crippen LogP contribution in [0.15, 0.2) is 24.3 Å². The van der Waals surface area contributed by atoms with Gasteiger partial charge in [0.25, 0.3) is 0 Å². The summed E-state index contributed by atoms with van der Waals surface area (Å²) in [5, 5.41) is 0. The molecule has 7 heteroatoms. The minimum atomic E-state index is -0.644. The summed E-state index contributed by atoms with van der Waals surface area (Å²) in [6, 6.07) is 5.87. The summed E-state index contributed by atoms with van der Waals surface area (Å²) >= 11 is 0. The quantitative estimate of drug-likeness (QED) is 0.833. The molecule has 0 unspecified atom stereocenters. The van der Waals surface area contributed by atoms with Gasteiger partial charge in [0, 0.05) is 24.7 Å². The Hall–Kier alpha value is -2.15. The van der Waals surface area contributed by atoms with Gasteiger partial charge in [0.15, 0.2) is 0 Å². The van der Waals surface area contributed by atoms with Crippen molar-refractivity contribution >= 4 is 12.0 Å². The second kappa shape index (κ2) is 7.39. The highest BCUT2D eigenvalue weighted by Crippen LogP contribution is 2.27. The number of nitrogens with zero attached hydrogens (tertiary/aromatic N) is 3. The van der Waals surface area contributed by atoms with Crippen LogP contribution < -0.4 is 0 Å². The summed E-state index contributed by atoms with van der Waals surface area (Å²) < 4.78 is 19.2. The normalized spacial score (nSPS) is 20.1. The number of cyclic esters (lactones) is 1. The first kappa shape index (κ1) is 17.7. The number of piperidine rings is 1. The van der Waals surface area contributed by atoms with Crippen LogP contribution in [0.1, 0.15) is 24.4 Å². The Morgan fingerprint density at radius 3 is 2.48 bits per heavy atom. The van der Waals surface area contributed by atoms with E-state index in [0.29, 0.717) is 31.8 Å². The fraction of sp³-hybridized carbons (Fsp3) is 0.556. The van der Waals surface area contributed by atoms with E-state index in [0.717, 1.165) is 12.8 Å². The number of benzene rings is 1. The maximum atomic E-state index is 14.2. The summed E-state index contributed by atoms with van der Waals surface area (Å²) in [5.74, 6) is -0.471. The molecule has 2 aliphatic heterocycles. The zero-order valence-electron chi connectivity index (χ0n) is 14.7. The van der Waals surface area contributed by atoms with E-state index >= 15 is 0 Å². The van der Waals surface area contributed by atoms with E-state index in [9.17, 15) is 14.0 Å². The molecule has 0 N–H and O–H groups in total. The van der Waals surface area contributed by atoms with Crippen LogP contribution in [0.5, 0.6) is 0 Å². The van der Waals surface area contributed by atoms with Crippen molar-refractivity contribution in [3.63, 3.8) is 0 Å². The largest absolute Gasteiger partial charge is 0.448 e. The molecule has 2 fully saturated rings. The highest BCUT2D eigenvalue weighted by molar-refractivity contribution is 5.83. The molecule has 0 spiro atoms. The summed E-state index contributed by atoms with van der Waals surface area (Å²) in [5.41, 5.74) is 0.391. The van der Waals surface area contributed by atoms with E-state index in [1.54, 1.807) is 47.0 Å². The summed E-state index contributed by atoms with van der Waals surface area (Å²) in [7, 11) is 3.56. The molecule has 3 rings (SSSR count). The number of likely N-dealkylation sites (tertiary alicyclic amines) is 1. The monoisotopic (exact) mass is 349 g/mol. The van der Waals surface area contributed by atoms with E-state index in [4.69, 9.17) is 4.74 Å². The van der Waals surface area contributed by atoms with Gasteiger partial charge in [-0.05, 0) is 33.0 Å². The molecule has 1 aromatic carbocycles. The third-order valence-corrected chi connectivity index (χ3v) is 4.96. The van der Waals surface area contributed by atoms with Gasteiger partial charge in [-0.1, -0.05) is 18.2 Å². The van der Waals surface area contributed by atoms with Crippen molar-refractivity contribution in [3.8, 4) is 0 Å². The number of carbonyl (C=O) groups excluding carboxylic acids is 2. The Morgan fingerprint density at radius 1 is 1.24 bits per heavy atom. The first-order chi connectivity index (χ1) is 12.0. The van der Waals surface area contributed by atoms with Crippen molar-refractivity contribution < 1.29 is 18.7 Å². The zero-order valence-corrected chi connectivity index (χ0v) is 14.7. The lowest BCUT2D eigenvalue weighted by Crippen LogP contribution is -2.49. The number of carbonyl (C=O) groups is 2. The van der Waals surface area contributed by atoms with Crippen molar-refractivity contribution in [1.29, 1.82) is 0 Å². The zero-order chi connectivity index (χ0) is 18.0. The van der Waals surface area contributed by atoms with Gasteiger partial charge in [-0.2, -0.15) is 0 Å². The minimum Gasteiger partial charge on any atom is -0.448 e. The van der Waals surface area contributed by atoms with E-state index in [1.165, 1.54) is 6.07 Å². The van der Waals surface area contributed by atoms with Crippen LogP contribution in [0.25, 0.3) is 0 Å². The van der Waals surface area contributed by atoms with Crippen LogP contribution in [0, 0.1) is 5.82 Å². The van der Waals surface area contributed by atoms with Crippen LogP contribution in [0.3, 0.4) is 0 Å². The number of amides is 2. The molecule has 0 aromatic heterocycles. The summed E-state index contributed by atoms with van der Waals surface area (Å²) in [4.78, 5) is 29.9. The number of rotatable bonds is 4. The van der Waals surface area contributed by atoms with Crippen LogP contribution in [0.2, 0.25) is 0 Å². The van der Waals surface area contributed by atoms with E-state index in [2.05, 4.69) is 0 Å². The Balaban J connectivity index is 1.68. The van der Waals surface area contributed by atoms with Gasteiger partial charge in [0.2, 0.25) is 5.91 Å². The molecule has 2 saturated heterocycles. The van der Waals surface area contributed by atoms with Crippen LogP contribution >= 0.6 is 0 Å². The minimum absolute atomic E-state index is 0.0995. The molecule has 0 radical (unpaired) electrons. The SMILES string of the molecule is CN(C)[C@@H](C(=O)N1CCC(N2CCOC2=O)CC1)c1ccccc1F. The lowest BCUT2D eigenvalue weighted by molar-refractivity contribution is -0.137. The molecule has 25 heavy (non-hydrogen) atoms. The fourth-order valence-corrected chi connectivity index (χ4v) is 3.64. The van der Waals surface area contributed by atoms with Crippen molar-refractivity contribution in [1.82, 2.24) is 14.7 Å². The van der Waals surface area contributed by atoms with Crippen LogP contribution in [0.4, 0.5) is 9.18 Å². The first-order valence-electron chi connectivity index (χ1n) is 8.62. The Labute approximate surface area is 147 Å². The highest BCUT2D eigenvalue weighted by atomic mass is 19.1. The van der Waals surface area contributed by atoms with Crippen molar-refractivity contribution in [2.45, 2.75) is 24.9 Å².